The molecule has 5 heteroatoms. The van der Waals surface area contributed by atoms with Crippen LogP contribution >= 0.6 is 0 Å². The third-order valence-electron chi connectivity index (χ3n) is 5.26. The number of hydrogen-bond donors (Lipinski definition) is 2. The minimum absolute atomic E-state index is 0.0244. The lowest BCUT2D eigenvalue weighted by molar-refractivity contribution is -0.115. The zero-order chi connectivity index (χ0) is 21.7. The van der Waals surface area contributed by atoms with Crippen LogP contribution in [0, 0.1) is 19.8 Å². The number of nitrogens with zero attached hydrogens (tertiary/aromatic N) is 2. The van der Waals surface area contributed by atoms with Crippen LogP contribution < -0.4 is 10.6 Å². The second kappa shape index (κ2) is 9.61. The van der Waals surface area contributed by atoms with Crippen LogP contribution in [0.5, 0.6) is 0 Å². The third-order valence-corrected chi connectivity index (χ3v) is 5.26. The maximum atomic E-state index is 12.6. The lowest BCUT2D eigenvalue weighted by Crippen LogP contribution is -2.15. The normalized spacial score (nSPS) is 12.1. The molecule has 158 valence electrons. The number of benzene rings is 2. The summed E-state index contributed by atoms with van der Waals surface area (Å²) in [6, 6.07) is 18.4. The standard InChI is InChI=1S/C25H32N4O/c1-17(2)16-29-20(5)24(19(4)28-29)15-25(30)27-23-13-11-22(12-14-23)26-18(3)21-9-7-6-8-10-21/h6-14,17-18,26H,15-16H2,1-5H3,(H,27,30)/t18-/m0/s1. The van der Waals surface area contributed by atoms with Crippen LogP contribution in [-0.4, -0.2) is 15.7 Å². The van der Waals surface area contributed by atoms with Crippen molar-refractivity contribution in [1.82, 2.24) is 9.78 Å². The number of carbonyl (C=O) groups is 1. The van der Waals surface area contributed by atoms with Crippen LogP contribution in [0.15, 0.2) is 54.6 Å². The Morgan fingerprint density at radius 3 is 2.23 bits per heavy atom. The molecule has 1 atom stereocenters. The summed E-state index contributed by atoms with van der Waals surface area (Å²) < 4.78 is 2.01. The Kier molecular flexibility index (Phi) is 6.93. The van der Waals surface area contributed by atoms with Crippen molar-refractivity contribution in [3.63, 3.8) is 0 Å². The molecule has 0 spiro atoms. The second-order valence-electron chi connectivity index (χ2n) is 8.30. The van der Waals surface area contributed by atoms with Crippen molar-refractivity contribution in [1.29, 1.82) is 0 Å². The molecule has 1 aromatic heterocycles. The maximum absolute atomic E-state index is 12.6. The molecule has 1 amide bonds. The summed E-state index contributed by atoms with van der Waals surface area (Å²) in [5, 5.41) is 11.1. The van der Waals surface area contributed by atoms with Gasteiger partial charge in [-0.25, -0.2) is 0 Å². The molecule has 3 rings (SSSR count). The molecule has 2 N–H and O–H groups in total. The van der Waals surface area contributed by atoms with Gasteiger partial charge in [0.05, 0.1) is 12.1 Å². The number of carbonyl (C=O) groups excluding carboxylic acids is 1. The van der Waals surface area contributed by atoms with Gasteiger partial charge in [0.25, 0.3) is 0 Å². The van der Waals surface area contributed by atoms with Gasteiger partial charge in [-0.3, -0.25) is 9.48 Å². The number of anilines is 2. The van der Waals surface area contributed by atoms with E-state index in [1.165, 1.54) is 5.56 Å². The highest BCUT2D eigenvalue weighted by atomic mass is 16.1. The van der Waals surface area contributed by atoms with Gasteiger partial charge in [-0.2, -0.15) is 5.10 Å². The van der Waals surface area contributed by atoms with E-state index in [0.29, 0.717) is 12.3 Å². The number of aromatic nitrogens is 2. The lowest BCUT2D eigenvalue weighted by atomic mass is 10.1. The molecule has 0 saturated carbocycles. The Labute approximate surface area is 179 Å². The molecule has 0 radical (unpaired) electrons. The van der Waals surface area contributed by atoms with Crippen molar-refractivity contribution in [2.45, 2.75) is 53.6 Å². The second-order valence-corrected chi connectivity index (χ2v) is 8.30. The van der Waals surface area contributed by atoms with Crippen molar-refractivity contribution in [3.05, 3.63) is 77.1 Å². The number of rotatable bonds is 8. The minimum atomic E-state index is -0.0244. The van der Waals surface area contributed by atoms with E-state index in [0.717, 1.165) is 34.9 Å². The highest BCUT2D eigenvalue weighted by molar-refractivity contribution is 5.92. The van der Waals surface area contributed by atoms with Crippen LogP contribution in [0.25, 0.3) is 0 Å². The predicted octanol–water partition coefficient (Wildman–Crippen LogP) is 5.51. The van der Waals surface area contributed by atoms with E-state index in [2.05, 4.69) is 48.6 Å². The van der Waals surface area contributed by atoms with Gasteiger partial charge in [0.15, 0.2) is 0 Å². The molecule has 0 fully saturated rings. The summed E-state index contributed by atoms with van der Waals surface area (Å²) in [5.74, 6) is 0.491. The molecule has 0 aliphatic rings. The molecule has 0 unspecified atom stereocenters. The van der Waals surface area contributed by atoms with Crippen molar-refractivity contribution >= 4 is 17.3 Å². The number of hydrogen-bond acceptors (Lipinski definition) is 3. The first-order valence-electron chi connectivity index (χ1n) is 10.6. The van der Waals surface area contributed by atoms with E-state index in [1.807, 2.05) is 61.0 Å². The van der Waals surface area contributed by atoms with Crippen molar-refractivity contribution in [2.75, 3.05) is 10.6 Å². The highest BCUT2D eigenvalue weighted by Crippen LogP contribution is 2.21. The molecule has 5 nitrogen and oxygen atoms in total. The van der Waals surface area contributed by atoms with Crippen LogP contribution in [0.4, 0.5) is 11.4 Å². The first-order valence-corrected chi connectivity index (χ1v) is 10.6. The summed E-state index contributed by atoms with van der Waals surface area (Å²) in [6.45, 7) is 11.4. The predicted molar refractivity (Wildman–Crippen MR) is 124 cm³/mol. The lowest BCUT2D eigenvalue weighted by Gasteiger charge is -2.16. The van der Waals surface area contributed by atoms with Crippen molar-refractivity contribution in [2.24, 2.45) is 5.92 Å². The van der Waals surface area contributed by atoms with Gasteiger partial charge in [-0.1, -0.05) is 44.2 Å². The Balaban J connectivity index is 1.59. The first kappa shape index (κ1) is 21.6. The molecule has 0 aliphatic carbocycles. The molecule has 30 heavy (non-hydrogen) atoms. The maximum Gasteiger partial charge on any atom is 0.228 e. The van der Waals surface area contributed by atoms with Crippen LogP contribution in [-0.2, 0) is 17.8 Å². The van der Waals surface area contributed by atoms with Gasteiger partial charge in [0.1, 0.15) is 0 Å². The molecule has 1 heterocycles. The van der Waals surface area contributed by atoms with Gasteiger partial charge < -0.3 is 10.6 Å². The van der Waals surface area contributed by atoms with Crippen LogP contribution in [0.2, 0.25) is 0 Å². The Bertz CT molecular complexity index is 974. The Hall–Kier alpha value is -3.08. The van der Waals surface area contributed by atoms with E-state index in [9.17, 15) is 4.79 Å². The average Bonchev–Trinajstić information content (AvgIpc) is 2.97. The van der Waals surface area contributed by atoms with Gasteiger partial charge >= 0.3 is 0 Å². The third kappa shape index (κ3) is 5.50. The summed E-state index contributed by atoms with van der Waals surface area (Å²) in [4.78, 5) is 12.6. The van der Waals surface area contributed by atoms with E-state index in [4.69, 9.17) is 0 Å². The molecule has 0 bridgehead atoms. The largest absolute Gasteiger partial charge is 0.379 e. The van der Waals surface area contributed by atoms with Gasteiger partial charge in [-0.15, -0.1) is 0 Å². The molecular weight excluding hydrogens is 372 g/mol. The fraction of sp³-hybridized carbons (Fsp3) is 0.360. The molecule has 0 aliphatic heterocycles. The van der Waals surface area contributed by atoms with Gasteiger partial charge in [-0.05, 0) is 56.5 Å². The first-order chi connectivity index (χ1) is 14.3. The van der Waals surface area contributed by atoms with Crippen molar-refractivity contribution < 1.29 is 4.79 Å². The molecule has 3 aromatic rings. The Morgan fingerprint density at radius 2 is 1.60 bits per heavy atom. The van der Waals surface area contributed by atoms with E-state index >= 15 is 0 Å². The smallest absolute Gasteiger partial charge is 0.228 e. The average molecular weight is 405 g/mol. The summed E-state index contributed by atoms with van der Waals surface area (Å²) in [7, 11) is 0. The van der Waals surface area contributed by atoms with Gasteiger partial charge in [0, 0.05) is 35.2 Å². The number of nitrogens with one attached hydrogen (secondary N) is 2. The zero-order valence-electron chi connectivity index (χ0n) is 18.6. The monoisotopic (exact) mass is 404 g/mol. The van der Waals surface area contributed by atoms with Gasteiger partial charge in [0.2, 0.25) is 5.91 Å². The van der Waals surface area contributed by atoms with Crippen LogP contribution in [0.3, 0.4) is 0 Å². The summed E-state index contributed by atoms with van der Waals surface area (Å²) in [6.07, 6.45) is 0.334. The number of aryl methyl sites for hydroxylation is 1. The van der Waals surface area contributed by atoms with E-state index in [-0.39, 0.29) is 11.9 Å². The zero-order valence-corrected chi connectivity index (χ0v) is 18.6. The fourth-order valence-electron chi connectivity index (χ4n) is 3.60. The van der Waals surface area contributed by atoms with Crippen LogP contribution in [0.1, 0.15) is 49.3 Å². The van der Waals surface area contributed by atoms with E-state index < -0.39 is 0 Å². The van der Waals surface area contributed by atoms with Crippen molar-refractivity contribution in [3.8, 4) is 0 Å². The summed E-state index contributed by atoms with van der Waals surface area (Å²) >= 11 is 0. The highest BCUT2D eigenvalue weighted by Gasteiger charge is 2.16. The SMILES string of the molecule is Cc1nn(CC(C)C)c(C)c1CC(=O)Nc1ccc(N[C@@H](C)c2ccccc2)cc1. The number of amides is 1. The topological polar surface area (TPSA) is 59.0 Å². The minimum Gasteiger partial charge on any atom is -0.379 e. The fourth-order valence-corrected chi connectivity index (χ4v) is 3.60. The quantitative estimate of drug-likeness (QED) is 0.520. The molecule has 0 saturated heterocycles. The van der Waals surface area contributed by atoms with E-state index in [1.54, 1.807) is 0 Å². The molecular formula is C25H32N4O. The summed E-state index contributed by atoms with van der Waals surface area (Å²) in [5.41, 5.74) is 6.07. The molecule has 2 aromatic carbocycles. The Morgan fingerprint density at radius 1 is 0.967 bits per heavy atom.